The van der Waals surface area contributed by atoms with E-state index in [1.165, 1.54) is 6.07 Å². The van der Waals surface area contributed by atoms with Crippen molar-refractivity contribution in [1.29, 1.82) is 10.7 Å². The normalized spacial score (nSPS) is 12.8. The number of benzene rings is 1. The number of allylic oxidation sites excluding steroid dienone is 1. The van der Waals surface area contributed by atoms with Crippen LogP contribution in [0.15, 0.2) is 59.8 Å². The summed E-state index contributed by atoms with van der Waals surface area (Å²) in [7, 11) is 0. The van der Waals surface area contributed by atoms with Gasteiger partial charge in [-0.05, 0) is 30.0 Å². The van der Waals surface area contributed by atoms with Crippen LogP contribution < -0.4 is 5.73 Å². The Hall–Kier alpha value is -3.10. The largest absolute Gasteiger partial charge is 0.326 e. The SMILES string of the molecule is C=C/C(=C\N=C(c1ccc(C#N)cc1C(=O)C(=C)C=N)C(C)CC)CN. The third kappa shape index (κ3) is 4.95. The fraction of sp³-hybridized carbons (Fsp3) is 0.238. The second-order valence-electron chi connectivity index (χ2n) is 5.81. The zero-order valence-electron chi connectivity index (χ0n) is 15.2. The van der Waals surface area contributed by atoms with Crippen molar-refractivity contribution < 1.29 is 4.79 Å². The number of rotatable bonds is 9. The Morgan fingerprint density at radius 1 is 1.46 bits per heavy atom. The first kappa shape index (κ1) is 20.9. The molecular weight excluding hydrogens is 324 g/mol. The molecule has 0 aliphatic rings. The van der Waals surface area contributed by atoms with Crippen LogP contribution in [0.5, 0.6) is 0 Å². The second kappa shape index (κ2) is 10.0. The van der Waals surface area contributed by atoms with E-state index in [-0.39, 0.29) is 11.5 Å². The first-order valence-electron chi connectivity index (χ1n) is 8.31. The van der Waals surface area contributed by atoms with Crippen molar-refractivity contribution in [3.05, 3.63) is 71.5 Å². The Morgan fingerprint density at radius 3 is 2.65 bits per heavy atom. The number of Topliss-reactive ketones (excluding diaryl/α,β-unsaturated/α-hetero) is 1. The highest BCUT2D eigenvalue weighted by Crippen LogP contribution is 2.21. The molecular formula is C21H24N4O. The van der Waals surface area contributed by atoms with Gasteiger partial charge in [-0.15, -0.1) is 0 Å². The van der Waals surface area contributed by atoms with E-state index < -0.39 is 5.78 Å². The van der Waals surface area contributed by atoms with Crippen LogP contribution in [0, 0.1) is 22.7 Å². The molecule has 0 saturated heterocycles. The highest BCUT2D eigenvalue weighted by Gasteiger charge is 2.20. The Labute approximate surface area is 154 Å². The standard InChI is InChI=1S/C21H24N4O/c1-5-14(3)20(25-13-16(6-2)11-23)18-8-7-17(12-24)9-19(18)21(26)15(4)10-22/h6-10,13-14,22H,2,4-5,11,23H2,1,3H3/b16-13+,22-10?,25-20?. The van der Waals surface area contributed by atoms with E-state index in [1.807, 2.05) is 19.9 Å². The maximum Gasteiger partial charge on any atom is 0.194 e. The lowest BCUT2D eigenvalue weighted by Crippen LogP contribution is -2.18. The number of nitriles is 1. The first-order valence-corrected chi connectivity index (χ1v) is 8.31. The van der Waals surface area contributed by atoms with Crippen LogP contribution in [0.25, 0.3) is 0 Å². The number of hydrogen-bond acceptors (Lipinski definition) is 5. The molecule has 1 aromatic rings. The number of carbonyl (C=O) groups excluding carboxylic acids is 1. The lowest BCUT2D eigenvalue weighted by Gasteiger charge is -2.16. The summed E-state index contributed by atoms with van der Waals surface area (Å²) in [5.41, 5.74) is 8.50. The molecule has 0 bridgehead atoms. The number of nitrogens with two attached hydrogens (primary N) is 1. The van der Waals surface area contributed by atoms with Gasteiger partial charge in [-0.25, -0.2) is 0 Å². The van der Waals surface area contributed by atoms with Gasteiger partial charge in [0, 0.05) is 35.7 Å². The van der Waals surface area contributed by atoms with Gasteiger partial charge in [0.25, 0.3) is 0 Å². The third-order valence-corrected chi connectivity index (χ3v) is 4.08. The molecule has 0 aliphatic heterocycles. The minimum absolute atomic E-state index is 0.0501. The van der Waals surface area contributed by atoms with Gasteiger partial charge in [0.2, 0.25) is 0 Å². The van der Waals surface area contributed by atoms with Gasteiger partial charge in [-0.3, -0.25) is 9.79 Å². The van der Waals surface area contributed by atoms with Crippen molar-refractivity contribution in [2.45, 2.75) is 20.3 Å². The van der Waals surface area contributed by atoms with Crippen molar-refractivity contribution in [2.24, 2.45) is 16.6 Å². The number of nitrogens with one attached hydrogen (secondary N) is 1. The summed E-state index contributed by atoms with van der Waals surface area (Å²) < 4.78 is 0. The van der Waals surface area contributed by atoms with Crippen LogP contribution in [0.1, 0.15) is 41.8 Å². The summed E-state index contributed by atoms with van der Waals surface area (Å²) in [6, 6.07) is 6.93. The van der Waals surface area contributed by atoms with E-state index in [0.29, 0.717) is 28.9 Å². The molecule has 5 nitrogen and oxygen atoms in total. The summed E-state index contributed by atoms with van der Waals surface area (Å²) in [4.78, 5) is 17.2. The number of nitrogens with zero attached hydrogens (tertiary/aromatic N) is 2. The third-order valence-electron chi connectivity index (χ3n) is 4.08. The minimum Gasteiger partial charge on any atom is -0.326 e. The summed E-state index contributed by atoms with van der Waals surface area (Å²) >= 11 is 0. The van der Waals surface area contributed by atoms with E-state index in [9.17, 15) is 10.1 Å². The molecule has 1 aromatic carbocycles. The molecule has 0 heterocycles. The van der Waals surface area contributed by atoms with E-state index in [0.717, 1.165) is 18.2 Å². The lowest BCUT2D eigenvalue weighted by molar-refractivity contribution is 0.104. The molecule has 0 aromatic heterocycles. The summed E-state index contributed by atoms with van der Waals surface area (Å²) in [6.07, 6.45) is 5.01. The van der Waals surface area contributed by atoms with Crippen LogP contribution in [0.4, 0.5) is 0 Å². The molecule has 0 saturated carbocycles. The van der Waals surface area contributed by atoms with Gasteiger partial charge in [0.1, 0.15) is 0 Å². The molecule has 0 aliphatic carbocycles. The molecule has 1 rings (SSSR count). The van der Waals surface area contributed by atoms with Crippen LogP contribution in [-0.4, -0.2) is 24.3 Å². The first-order chi connectivity index (χ1) is 12.4. The second-order valence-corrected chi connectivity index (χ2v) is 5.81. The van der Waals surface area contributed by atoms with Crippen molar-refractivity contribution in [3.63, 3.8) is 0 Å². The molecule has 26 heavy (non-hydrogen) atoms. The number of carbonyl (C=O) groups is 1. The zero-order valence-corrected chi connectivity index (χ0v) is 15.2. The smallest absolute Gasteiger partial charge is 0.194 e. The van der Waals surface area contributed by atoms with Crippen LogP contribution in [0.3, 0.4) is 0 Å². The van der Waals surface area contributed by atoms with Gasteiger partial charge in [-0.2, -0.15) is 5.26 Å². The molecule has 5 heteroatoms. The molecule has 134 valence electrons. The Bertz CT molecular complexity index is 825. The van der Waals surface area contributed by atoms with Crippen molar-refractivity contribution in [2.75, 3.05) is 6.54 Å². The molecule has 1 atom stereocenters. The Kier molecular flexibility index (Phi) is 8.07. The molecule has 0 fully saturated rings. The fourth-order valence-electron chi connectivity index (χ4n) is 2.26. The average Bonchev–Trinajstić information content (AvgIpc) is 2.69. The quantitative estimate of drug-likeness (QED) is 0.307. The average molecular weight is 348 g/mol. The van der Waals surface area contributed by atoms with Crippen LogP contribution in [-0.2, 0) is 0 Å². The van der Waals surface area contributed by atoms with Gasteiger partial charge in [0.15, 0.2) is 5.78 Å². The molecule has 0 radical (unpaired) electrons. The monoisotopic (exact) mass is 348 g/mol. The van der Waals surface area contributed by atoms with E-state index in [4.69, 9.17) is 11.1 Å². The van der Waals surface area contributed by atoms with Gasteiger partial charge in [0.05, 0.1) is 17.3 Å². The highest BCUT2D eigenvalue weighted by molar-refractivity contribution is 6.24. The van der Waals surface area contributed by atoms with E-state index in [2.05, 4.69) is 18.2 Å². The summed E-state index contributed by atoms with van der Waals surface area (Å²) in [6.45, 7) is 11.7. The topological polar surface area (TPSA) is 103 Å². The van der Waals surface area contributed by atoms with Gasteiger partial charge in [-0.1, -0.05) is 39.1 Å². The Balaban J connectivity index is 3.68. The van der Waals surface area contributed by atoms with Crippen molar-refractivity contribution >= 4 is 17.7 Å². The highest BCUT2D eigenvalue weighted by atomic mass is 16.1. The summed E-state index contributed by atoms with van der Waals surface area (Å²) in [5.74, 6) is -0.322. The molecule has 3 N–H and O–H groups in total. The fourth-order valence-corrected chi connectivity index (χ4v) is 2.26. The predicted octanol–water partition coefficient (Wildman–Crippen LogP) is 3.81. The number of aliphatic imine (C=N–C) groups is 1. The van der Waals surface area contributed by atoms with Crippen molar-refractivity contribution in [1.82, 2.24) is 0 Å². The number of ketones is 1. The molecule has 0 spiro atoms. The number of hydrogen-bond donors (Lipinski definition) is 2. The zero-order chi connectivity index (χ0) is 19.7. The van der Waals surface area contributed by atoms with Crippen LogP contribution in [0.2, 0.25) is 0 Å². The van der Waals surface area contributed by atoms with Gasteiger partial charge >= 0.3 is 0 Å². The maximum atomic E-state index is 12.7. The molecule has 0 amide bonds. The lowest BCUT2D eigenvalue weighted by atomic mass is 9.88. The predicted molar refractivity (Wildman–Crippen MR) is 107 cm³/mol. The van der Waals surface area contributed by atoms with E-state index >= 15 is 0 Å². The van der Waals surface area contributed by atoms with Crippen LogP contribution >= 0.6 is 0 Å². The Morgan fingerprint density at radius 2 is 2.15 bits per heavy atom. The van der Waals surface area contributed by atoms with Crippen molar-refractivity contribution in [3.8, 4) is 6.07 Å². The molecule has 1 unspecified atom stereocenters. The maximum absolute atomic E-state index is 12.7. The summed E-state index contributed by atoms with van der Waals surface area (Å²) in [5, 5.41) is 16.5. The van der Waals surface area contributed by atoms with Gasteiger partial charge < -0.3 is 11.1 Å². The minimum atomic E-state index is -0.394. The van der Waals surface area contributed by atoms with E-state index in [1.54, 1.807) is 24.4 Å².